The van der Waals surface area contributed by atoms with Crippen molar-refractivity contribution in [2.45, 2.75) is 0 Å². The normalized spacial score (nSPS) is 8.92. The fourth-order valence-electron chi connectivity index (χ4n) is 0.550. The molecule has 0 spiro atoms. The summed E-state index contributed by atoms with van der Waals surface area (Å²) in [5.74, 6) is 0. The molecule has 1 aromatic rings. The van der Waals surface area contributed by atoms with Crippen LogP contribution in [-0.4, -0.2) is 9.48 Å². The van der Waals surface area contributed by atoms with Gasteiger partial charge in [-0.15, -0.1) is 0 Å². The zero-order valence-electron chi connectivity index (χ0n) is 6.22. The number of hydrogen-bond acceptors (Lipinski definition) is 3. The van der Waals surface area contributed by atoms with Crippen LogP contribution in [0.25, 0.3) is 0 Å². The molecule has 0 heterocycles. The molecule has 0 aromatic heterocycles. The number of non-ortho nitro benzene ring substituents is 1. The summed E-state index contributed by atoms with van der Waals surface area (Å²) in [4.78, 5) is 9.59. The third kappa shape index (κ3) is 7.86. The first kappa shape index (κ1) is 12.5. The molecule has 0 saturated carbocycles. The number of benzene rings is 1. The Hall–Kier alpha value is -0.490. The van der Waals surface area contributed by atoms with Crippen LogP contribution < -0.4 is 0 Å². The van der Waals surface area contributed by atoms with Crippen molar-refractivity contribution in [2.24, 2.45) is 0 Å². The van der Waals surface area contributed by atoms with E-state index in [2.05, 4.69) is 21.4 Å². The molecule has 0 N–H and O–H groups in total. The molecule has 0 aliphatic rings. The average Bonchev–Trinajstić information content (AvgIpc) is 2.05. The van der Waals surface area contributed by atoms with Gasteiger partial charge in [-0.3, -0.25) is 10.1 Å². The van der Waals surface area contributed by atoms with Crippen LogP contribution in [-0.2, 0) is 9.60 Å². The Morgan fingerprint density at radius 1 is 1.23 bits per heavy atom. The second-order valence-corrected chi connectivity index (χ2v) is 4.30. The Labute approximate surface area is 86.8 Å². The minimum Gasteiger partial charge on any atom is -0.582 e. The molecule has 0 saturated heterocycles. The van der Waals surface area contributed by atoms with Crippen molar-refractivity contribution >= 4 is 36.7 Å². The van der Waals surface area contributed by atoms with E-state index < -0.39 is 14.5 Å². The van der Waals surface area contributed by atoms with E-state index >= 15 is 0 Å². The van der Waals surface area contributed by atoms with Gasteiger partial charge in [-0.2, -0.15) is 0 Å². The minimum atomic E-state index is -1.67. The first-order valence-corrected chi connectivity index (χ1v) is 5.78. The maximum Gasteiger partial charge on any atom is 0.269 e. The highest BCUT2D eigenvalue weighted by atomic mass is 36.0. The lowest BCUT2D eigenvalue weighted by molar-refractivity contribution is -0.384. The summed E-state index contributed by atoms with van der Waals surface area (Å²) in [6.07, 6.45) is 0. The molecule has 0 unspecified atom stereocenters. The fraction of sp³-hybridized carbons (Fsp3) is 0. The van der Waals surface area contributed by atoms with Crippen molar-refractivity contribution < 1.29 is 9.48 Å². The summed E-state index contributed by atoms with van der Waals surface area (Å²) in [5, 5.41) is 10.0. The summed E-state index contributed by atoms with van der Waals surface area (Å²) in [6.45, 7) is 0. The number of hydrogen-bond donors (Lipinski definition) is 0. The summed E-state index contributed by atoms with van der Waals surface area (Å²) in [5.41, 5.74) is 0.137. The van der Waals surface area contributed by atoms with Crippen LogP contribution in [0.4, 0.5) is 5.69 Å². The van der Waals surface area contributed by atoms with Gasteiger partial charge in [0.2, 0.25) is 0 Å². The quantitative estimate of drug-likeness (QED) is 0.432. The molecule has 4 nitrogen and oxygen atoms in total. The van der Waals surface area contributed by atoms with E-state index in [-0.39, 0.29) is 5.69 Å². The van der Waals surface area contributed by atoms with E-state index in [4.69, 9.17) is 4.55 Å². The summed E-state index contributed by atoms with van der Waals surface area (Å²) in [7, 11) is 7.36. The largest absolute Gasteiger partial charge is 0.582 e. The van der Waals surface area contributed by atoms with Crippen molar-refractivity contribution in [3.8, 4) is 0 Å². The number of halogens is 2. The standard InChI is InChI=1S/C6H5NO2.Cl2OS/c8-7(9)6-4-2-1-3-5-6;1-4(2)3/h1-5H;. The maximum atomic E-state index is 10.0. The molecule has 1 rings (SSSR count). The Balaban J connectivity index is 0.000000310. The summed E-state index contributed by atoms with van der Waals surface area (Å²) < 4.78 is 9.09. The van der Waals surface area contributed by atoms with Crippen molar-refractivity contribution in [3.63, 3.8) is 0 Å². The molecular weight excluding hydrogens is 237 g/mol. The molecule has 0 aliphatic heterocycles. The monoisotopic (exact) mass is 241 g/mol. The van der Waals surface area contributed by atoms with Gasteiger partial charge in [-0.05, 0) is 0 Å². The first-order chi connectivity index (χ1) is 6.04. The van der Waals surface area contributed by atoms with Gasteiger partial charge in [0.05, 0.1) is 4.92 Å². The van der Waals surface area contributed by atoms with Crippen LogP contribution in [0.15, 0.2) is 30.3 Å². The predicted molar refractivity (Wildman–Crippen MR) is 52.9 cm³/mol. The Morgan fingerprint density at radius 3 is 1.85 bits per heavy atom. The number of nitro groups is 1. The smallest absolute Gasteiger partial charge is 0.269 e. The zero-order valence-corrected chi connectivity index (χ0v) is 8.55. The molecule has 0 amide bonds. The van der Waals surface area contributed by atoms with Gasteiger partial charge in [-0.25, -0.2) is 0 Å². The van der Waals surface area contributed by atoms with E-state index in [1.54, 1.807) is 18.2 Å². The molecule has 7 heteroatoms. The minimum absolute atomic E-state index is 0.137. The Kier molecular flexibility index (Phi) is 6.70. The van der Waals surface area contributed by atoms with Crippen LogP contribution in [0.5, 0.6) is 0 Å². The first-order valence-electron chi connectivity index (χ1n) is 2.97. The topological polar surface area (TPSA) is 66.2 Å². The van der Waals surface area contributed by atoms with Crippen LogP contribution in [0.1, 0.15) is 0 Å². The SMILES string of the molecule is O=[N+]([O-])c1ccccc1.[O-][S+](Cl)Cl. The molecule has 0 aliphatic carbocycles. The molecule has 0 bridgehead atoms. The van der Waals surface area contributed by atoms with Crippen LogP contribution in [0.2, 0.25) is 0 Å². The molecule has 0 fully saturated rings. The molecule has 1 aromatic carbocycles. The van der Waals surface area contributed by atoms with Crippen LogP contribution in [0, 0.1) is 10.1 Å². The van der Waals surface area contributed by atoms with Crippen molar-refractivity contribution in [1.82, 2.24) is 0 Å². The van der Waals surface area contributed by atoms with Crippen molar-refractivity contribution in [3.05, 3.63) is 40.4 Å². The van der Waals surface area contributed by atoms with Crippen LogP contribution >= 0.6 is 21.4 Å². The number of para-hydroxylation sites is 1. The van der Waals surface area contributed by atoms with Gasteiger partial charge in [0.1, 0.15) is 0 Å². The lowest BCUT2D eigenvalue weighted by Crippen LogP contribution is -1.84. The molecular formula is C6H5Cl2NO3S. The van der Waals surface area contributed by atoms with Crippen molar-refractivity contribution in [1.29, 1.82) is 0 Å². The van der Waals surface area contributed by atoms with Gasteiger partial charge < -0.3 is 4.55 Å². The van der Waals surface area contributed by atoms with Gasteiger partial charge in [0, 0.05) is 12.1 Å². The second kappa shape index (κ2) is 6.97. The number of nitro benzene ring substituents is 1. The second-order valence-electron chi connectivity index (χ2n) is 1.78. The van der Waals surface area contributed by atoms with Gasteiger partial charge in [-0.1, -0.05) is 18.2 Å². The molecule has 0 radical (unpaired) electrons. The van der Waals surface area contributed by atoms with Gasteiger partial charge in [0.25, 0.3) is 5.69 Å². The highest BCUT2D eigenvalue weighted by Crippen LogP contribution is 2.06. The van der Waals surface area contributed by atoms with E-state index in [0.29, 0.717) is 0 Å². The van der Waals surface area contributed by atoms with Gasteiger partial charge in [0.15, 0.2) is 31.0 Å². The van der Waals surface area contributed by atoms with Gasteiger partial charge >= 0.3 is 0 Å². The van der Waals surface area contributed by atoms with E-state index in [1.165, 1.54) is 12.1 Å². The zero-order chi connectivity index (χ0) is 10.3. The maximum absolute atomic E-state index is 10.0. The predicted octanol–water partition coefficient (Wildman–Crippen LogP) is 2.64. The highest BCUT2D eigenvalue weighted by molar-refractivity contribution is 8.31. The van der Waals surface area contributed by atoms with E-state index in [0.717, 1.165) is 0 Å². The third-order valence-corrected chi connectivity index (χ3v) is 0.967. The summed E-state index contributed by atoms with van der Waals surface area (Å²) >= 11 is 0. The third-order valence-electron chi connectivity index (χ3n) is 0.967. The van der Waals surface area contributed by atoms with E-state index in [1.807, 2.05) is 0 Å². The molecule has 0 atom stereocenters. The van der Waals surface area contributed by atoms with Crippen molar-refractivity contribution in [2.75, 3.05) is 0 Å². The Bertz CT molecular complexity index is 255. The lowest BCUT2D eigenvalue weighted by Gasteiger charge is -1.85. The number of rotatable bonds is 1. The van der Waals surface area contributed by atoms with E-state index in [9.17, 15) is 10.1 Å². The molecule has 72 valence electrons. The molecule has 13 heavy (non-hydrogen) atoms. The summed E-state index contributed by atoms with van der Waals surface area (Å²) in [6, 6.07) is 7.93. The average molecular weight is 242 g/mol. The fourth-order valence-corrected chi connectivity index (χ4v) is 0.550. The Morgan fingerprint density at radius 2 is 1.62 bits per heavy atom. The van der Waals surface area contributed by atoms with Crippen LogP contribution in [0.3, 0.4) is 0 Å². The lowest BCUT2D eigenvalue weighted by atomic mass is 10.3. The highest BCUT2D eigenvalue weighted by Gasteiger charge is 1.98. The number of nitrogens with zero attached hydrogens (tertiary/aromatic N) is 1.